The second kappa shape index (κ2) is 13.4. The largest absolute Gasteiger partial charge is 0.465 e. The standard InChI is InChI=1S/C37H41F2N3O6S2/c1-36(13-14-36)50(46,47)41-34(45)37-20-25(37)10-6-4-2-3-5-9-24(15-23-16-26(38)18-27(39)17-23)33(44)42-22-28(19-30(42)31(43)21-37)48-35-40-29-11-7-8-12-32(29)49-35/h6-8,10-12,16-18,24-25,28,30H,2-5,9,13-15,19-22H2,1H3,(H,41,45)/b10-6-/t24-,25+,28-,30+,37-/m1/s1. The lowest BCUT2D eigenvalue weighted by Crippen LogP contribution is -2.47. The van der Waals surface area contributed by atoms with Gasteiger partial charge in [-0.05, 0) is 87.6 Å². The van der Waals surface area contributed by atoms with Crippen molar-refractivity contribution < 1.29 is 36.3 Å². The van der Waals surface area contributed by atoms with Crippen molar-refractivity contribution in [1.82, 2.24) is 14.6 Å². The third-order valence-corrected chi connectivity index (χ3v) is 14.0. The Bertz CT molecular complexity index is 1910. The Balaban J connectivity index is 1.19. The molecule has 50 heavy (non-hydrogen) atoms. The molecule has 1 aromatic heterocycles. The fourth-order valence-corrected chi connectivity index (χ4v) is 9.69. The van der Waals surface area contributed by atoms with Crippen molar-refractivity contribution in [1.29, 1.82) is 0 Å². The van der Waals surface area contributed by atoms with Crippen LogP contribution in [0.5, 0.6) is 5.19 Å². The van der Waals surface area contributed by atoms with Crippen molar-refractivity contribution in [3.05, 3.63) is 71.8 Å². The summed E-state index contributed by atoms with van der Waals surface area (Å²) in [6.07, 6.45) is 8.15. The molecule has 13 heteroatoms. The maximum Gasteiger partial charge on any atom is 0.274 e. The zero-order valence-corrected chi connectivity index (χ0v) is 29.5. The number of ketones is 1. The van der Waals surface area contributed by atoms with Gasteiger partial charge in [-0.15, -0.1) is 0 Å². The number of fused-ring (bicyclic) bond motifs is 3. The Labute approximate surface area is 294 Å². The molecule has 0 spiro atoms. The number of hydrogen-bond acceptors (Lipinski definition) is 8. The number of amides is 2. The Kier molecular flexibility index (Phi) is 9.34. The van der Waals surface area contributed by atoms with E-state index in [0.717, 1.165) is 35.5 Å². The van der Waals surface area contributed by atoms with Gasteiger partial charge in [-0.1, -0.05) is 48.5 Å². The van der Waals surface area contributed by atoms with Crippen LogP contribution < -0.4 is 9.46 Å². The van der Waals surface area contributed by atoms with Gasteiger partial charge in [-0.2, -0.15) is 0 Å². The summed E-state index contributed by atoms with van der Waals surface area (Å²) in [5, 5.41) is 0.410. The highest BCUT2D eigenvalue weighted by Gasteiger charge is 2.62. The molecule has 3 heterocycles. The Morgan fingerprint density at radius 2 is 1.86 bits per heavy atom. The molecular formula is C37H41F2N3O6S2. The molecule has 2 aromatic carbocycles. The summed E-state index contributed by atoms with van der Waals surface area (Å²) in [5.41, 5.74) is -0.121. The highest BCUT2D eigenvalue weighted by molar-refractivity contribution is 7.91. The van der Waals surface area contributed by atoms with E-state index in [-0.39, 0.29) is 43.4 Å². The van der Waals surface area contributed by atoms with Gasteiger partial charge in [0, 0.05) is 24.8 Å². The van der Waals surface area contributed by atoms with Crippen LogP contribution in [-0.2, 0) is 30.8 Å². The number of benzene rings is 2. The Hall–Kier alpha value is -3.71. The highest BCUT2D eigenvalue weighted by Crippen LogP contribution is 2.57. The summed E-state index contributed by atoms with van der Waals surface area (Å²) in [7, 11) is -3.93. The van der Waals surface area contributed by atoms with Gasteiger partial charge in [0.1, 0.15) is 17.7 Å². The summed E-state index contributed by atoms with van der Waals surface area (Å²) >= 11 is 1.36. The molecule has 0 bridgehead atoms. The molecule has 9 nitrogen and oxygen atoms in total. The van der Waals surface area contributed by atoms with Crippen molar-refractivity contribution >= 4 is 49.2 Å². The minimum absolute atomic E-state index is 0.0917. The summed E-state index contributed by atoms with van der Waals surface area (Å²) in [6, 6.07) is 9.90. The fourth-order valence-electron chi connectivity index (χ4n) is 7.48. The van der Waals surface area contributed by atoms with E-state index in [4.69, 9.17) is 4.74 Å². The van der Waals surface area contributed by atoms with Crippen LogP contribution in [0.2, 0.25) is 0 Å². The molecule has 2 aliphatic carbocycles. The Morgan fingerprint density at radius 3 is 2.60 bits per heavy atom. The van der Waals surface area contributed by atoms with E-state index in [9.17, 15) is 31.6 Å². The normalized spacial score (nSPS) is 29.0. The maximum absolute atomic E-state index is 14.5. The monoisotopic (exact) mass is 725 g/mol. The van der Waals surface area contributed by atoms with E-state index in [1.54, 1.807) is 6.92 Å². The molecule has 1 saturated heterocycles. The quantitative estimate of drug-likeness (QED) is 0.285. The molecular weight excluding hydrogens is 685 g/mol. The highest BCUT2D eigenvalue weighted by atomic mass is 32.2. The predicted octanol–water partition coefficient (Wildman–Crippen LogP) is 6.27. The summed E-state index contributed by atoms with van der Waals surface area (Å²) in [4.78, 5) is 48.7. The number of halogens is 2. The molecule has 5 atom stereocenters. The topological polar surface area (TPSA) is 123 Å². The molecule has 0 unspecified atom stereocenters. The molecule has 2 aliphatic heterocycles. The third kappa shape index (κ3) is 7.08. The molecule has 7 rings (SSSR count). The number of thiazole rings is 1. The molecule has 3 aromatic rings. The molecule has 2 saturated carbocycles. The minimum atomic E-state index is -3.93. The number of rotatable bonds is 7. The second-order valence-electron chi connectivity index (χ2n) is 14.7. The first-order valence-electron chi connectivity index (χ1n) is 17.4. The number of allylic oxidation sites excluding steroid dienone is 2. The molecule has 266 valence electrons. The van der Waals surface area contributed by atoms with Gasteiger partial charge in [-0.25, -0.2) is 22.2 Å². The molecule has 1 N–H and O–H groups in total. The number of aromatic nitrogens is 1. The number of nitrogens with one attached hydrogen (secondary N) is 1. The zero-order valence-electron chi connectivity index (χ0n) is 27.9. The molecule has 2 amide bonds. The average molecular weight is 726 g/mol. The lowest BCUT2D eigenvalue weighted by atomic mass is 9.90. The SMILES string of the molecule is CC1(S(=O)(=O)NC(=O)[C@]23CC(=O)[C@@H]4C[C@@H](Oc5nc6ccccc6s5)CN4C(=O)[C@@H](Cc4cc(F)cc(F)c4)CCCCC/C=C\[C@H]2C3)CC1. The zero-order chi connectivity index (χ0) is 35.3. The number of carbonyl (C=O) groups is 3. The van der Waals surface area contributed by atoms with Crippen LogP contribution in [0, 0.1) is 28.9 Å². The van der Waals surface area contributed by atoms with E-state index >= 15 is 0 Å². The van der Waals surface area contributed by atoms with Crippen molar-refractivity contribution in [2.45, 2.75) is 94.4 Å². The van der Waals surface area contributed by atoms with E-state index in [2.05, 4.69) is 9.71 Å². The van der Waals surface area contributed by atoms with E-state index in [1.807, 2.05) is 36.4 Å². The number of ether oxygens (including phenoxy) is 1. The number of Topliss-reactive ketones (excluding diaryl/α,β-unsaturated/α-hetero) is 1. The average Bonchev–Trinajstić information content (AvgIpc) is 3.86. The molecule has 0 radical (unpaired) electrons. The number of carbonyl (C=O) groups excluding carboxylic acids is 3. The molecule has 4 aliphatic rings. The van der Waals surface area contributed by atoms with Crippen LogP contribution in [0.3, 0.4) is 0 Å². The summed E-state index contributed by atoms with van der Waals surface area (Å²) in [6.45, 7) is 1.70. The van der Waals surface area contributed by atoms with Crippen LogP contribution in [0.4, 0.5) is 8.78 Å². The van der Waals surface area contributed by atoms with Crippen LogP contribution in [0.1, 0.15) is 76.7 Å². The van der Waals surface area contributed by atoms with E-state index in [1.165, 1.54) is 28.4 Å². The lowest BCUT2D eigenvalue weighted by molar-refractivity contribution is -0.142. The second-order valence-corrected chi connectivity index (χ2v) is 17.9. The van der Waals surface area contributed by atoms with Gasteiger partial charge in [0.2, 0.25) is 21.8 Å². The Morgan fingerprint density at radius 1 is 1.10 bits per heavy atom. The third-order valence-electron chi connectivity index (χ3n) is 10.9. The van der Waals surface area contributed by atoms with E-state index < -0.39 is 55.8 Å². The number of para-hydroxylation sites is 1. The number of nitrogens with zero attached hydrogens (tertiary/aromatic N) is 2. The first kappa shape index (κ1) is 34.7. The van der Waals surface area contributed by atoms with Crippen LogP contribution in [0.25, 0.3) is 10.2 Å². The number of hydrogen-bond donors (Lipinski definition) is 1. The van der Waals surface area contributed by atoms with Crippen LogP contribution in [0.15, 0.2) is 54.6 Å². The first-order valence-corrected chi connectivity index (χ1v) is 19.7. The van der Waals surface area contributed by atoms with Gasteiger partial charge in [-0.3, -0.25) is 19.1 Å². The van der Waals surface area contributed by atoms with E-state index in [0.29, 0.717) is 42.9 Å². The van der Waals surface area contributed by atoms with Gasteiger partial charge in [0.05, 0.1) is 33.0 Å². The van der Waals surface area contributed by atoms with Crippen molar-refractivity contribution in [2.24, 2.45) is 17.3 Å². The minimum Gasteiger partial charge on any atom is -0.465 e. The van der Waals surface area contributed by atoms with Gasteiger partial charge >= 0.3 is 0 Å². The summed E-state index contributed by atoms with van der Waals surface area (Å²) in [5.74, 6) is -3.75. The van der Waals surface area contributed by atoms with Crippen LogP contribution >= 0.6 is 11.3 Å². The molecule has 3 fully saturated rings. The van der Waals surface area contributed by atoms with Crippen molar-refractivity contribution in [2.75, 3.05) is 6.54 Å². The summed E-state index contributed by atoms with van der Waals surface area (Å²) < 4.78 is 63.1. The first-order chi connectivity index (χ1) is 23.9. The van der Waals surface area contributed by atoms with Crippen molar-refractivity contribution in [3.8, 4) is 5.19 Å². The predicted molar refractivity (Wildman–Crippen MR) is 185 cm³/mol. The van der Waals surface area contributed by atoms with Crippen molar-refractivity contribution in [3.63, 3.8) is 0 Å². The fraction of sp³-hybridized carbons (Fsp3) is 0.514. The van der Waals surface area contributed by atoms with Gasteiger partial charge < -0.3 is 9.64 Å². The smallest absolute Gasteiger partial charge is 0.274 e. The number of sulfonamides is 1. The lowest BCUT2D eigenvalue weighted by Gasteiger charge is -2.29. The maximum atomic E-state index is 14.5. The van der Waals surface area contributed by atoms with Gasteiger partial charge in [0.25, 0.3) is 5.19 Å². The van der Waals surface area contributed by atoms with Gasteiger partial charge in [0.15, 0.2) is 5.78 Å². The van der Waals surface area contributed by atoms with Crippen LogP contribution in [-0.4, -0.2) is 59.3 Å².